The largest absolute Gasteiger partial charge is 0.341 e. The maximum absolute atomic E-state index is 6.16. The molecule has 0 aliphatic carbocycles. The molecule has 0 radical (unpaired) electrons. The molecule has 2 aromatic heterocycles. The van der Waals surface area contributed by atoms with Gasteiger partial charge in [-0.25, -0.2) is 4.98 Å². The lowest BCUT2D eigenvalue weighted by atomic mass is 10.1. The number of benzene rings is 1. The lowest BCUT2D eigenvalue weighted by Crippen LogP contribution is -1.93. The molecule has 2 heterocycles. The van der Waals surface area contributed by atoms with Crippen LogP contribution in [-0.2, 0) is 6.42 Å². The van der Waals surface area contributed by atoms with Crippen LogP contribution in [-0.4, -0.2) is 9.97 Å². The van der Waals surface area contributed by atoms with Gasteiger partial charge in [-0.3, -0.25) is 0 Å². The van der Waals surface area contributed by atoms with Gasteiger partial charge < -0.3 is 4.98 Å². The average molecular weight is 309 g/mol. The number of halogens is 2. The Labute approximate surface area is 125 Å². The van der Waals surface area contributed by atoms with Crippen LogP contribution in [0.2, 0.25) is 10.0 Å². The molecule has 0 amide bonds. The molecule has 0 spiro atoms. The minimum absolute atomic E-state index is 0.601. The van der Waals surface area contributed by atoms with Crippen LogP contribution >= 0.6 is 34.5 Å². The number of thiophene rings is 1. The van der Waals surface area contributed by atoms with Crippen LogP contribution in [0.5, 0.6) is 0 Å². The van der Waals surface area contributed by atoms with Crippen LogP contribution < -0.4 is 0 Å². The molecule has 2 nitrogen and oxygen atoms in total. The van der Waals surface area contributed by atoms with Gasteiger partial charge in [0.15, 0.2) is 0 Å². The smallest absolute Gasteiger partial charge is 0.111 e. The van der Waals surface area contributed by atoms with Gasteiger partial charge in [0.1, 0.15) is 5.82 Å². The number of H-pyrrole nitrogens is 1. The lowest BCUT2D eigenvalue weighted by molar-refractivity contribution is 1.03. The molecule has 0 saturated heterocycles. The van der Waals surface area contributed by atoms with Gasteiger partial charge in [0.05, 0.1) is 16.8 Å². The molecule has 1 N–H and O–H groups in total. The first kappa shape index (κ1) is 12.7. The quantitative estimate of drug-likeness (QED) is 0.721. The van der Waals surface area contributed by atoms with E-state index in [-0.39, 0.29) is 0 Å². The summed E-state index contributed by atoms with van der Waals surface area (Å²) >= 11 is 14.0. The van der Waals surface area contributed by atoms with E-state index in [1.165, 1.54) is 4.88 Å². The zero-order valence-corrected chi connectivity index (χ0v) is 12.2. The van der Waals surface area contributed by atoms with Crippen LogP contribution in [0, 0.1) is 0 Å². The third kappa shape index (κ3) is 2.68. The summed E-state index contributed by atoms with van der Waals surface area (Å²) in [4.78, 5) is 8.85. The van der Waals surface area contributed by atoms with Gasteiger partial charge in [0, 0.05) is 16.5 Å². The number of rotatable bonds is 3. The fraction of sp³-hybridized carbons (Fsp3) is 0.0714. The number of nitrogens with one attached hydrogen (secondary N) is 1. The minimum Gasteiger partial charge on any atom is -0.341 e. The summed E-state index contributed by atoms with van der Waals surface area (Å²) in [6.07, 6.45) is 2.44. The normalized spacial score (nSPS) is 10.8. The molecule has 0 bridgehead atoms. The van der Waals surface area contributed by atoms with Crippen LogP contribution in [0.4, 0.5) is 0 Å². The molecule has 0 aliphatic heterocycles. The van der Waals surface area contributed by atoms with E-state index in [1.54, 1.807) is 11.3 Å². The molecule has 0 aliphatic rings. The van der Waals surface area contributed by atoms with E-state index in [9.17, 15) is 0 Å². The summed E-state index contributed by atoms with van der Waals surface area (Å²) in [6, 6.07) is 9.60. The maximum atomic E-state index is 6.16. The Hall–Kier alpha value is -1.29. The lowest BCUT2D eigenvalue weighted by Gasteiger charge is -2.04. The van der Waals surface area contributed by atoms with Crippen molar-refractivity contribution in [3.05, 3.63) is 63.3 Å². The molecular weight excluding hydrogens is 299 g/mol. The minimum atomic E-state index is 0.601. The summed E-state index contributed by atoms with van der Waals surface area (Å²) in [5.41, 5.74) is 1.92. The average Bonchev–Trinajstić information content (AvgIpc) is 3.04. The highest BCUT2D eigenvalue weighted by molar-refractivity contribution is 7.13. The van der Waals surface area contributed by atoms with E-state index >= 15 is 0 Å². The van der Waals surface area contributed by atoms with Gasteiger partial charge in [0.2, 0.25) is 0 Å². The summed E-state index contributed by atoms with van der Waals surface area (Å²) in [5.74, 6) is 0.860. The molecule has 0 atom stereocenters. The Balaban J connectivity index is 1.88. The van der Waals surface area contributed by atoms with E-state index in [0.717, 1.165) is 17.1 Å². The molecule has 1 aromatic carbocycles. The van der Waals surface area contributed by atoms with Crippen LogP contribution in [0.1, 0.15) is 11.4 Å². The van der Waals surface area contributed by atoms with Gasteiger partial charge in [-0.05, 0) is 29.1 Å². The number of imidazole rings is 1. The predicted octanol–water partition coefficient (Wildman–Crippen LogP) is 5.04. The highest BCUT2D eigenvalue weighted by Crippen LogP contribution is 2.27. The van der Waals surface area contributed by atoms with Crippen LogP contribution in [0.15, 0.2) is 41.9 Å². The van der Waals surface area contributed by atoms with Crippen molar-refractivity contribution in [1.29, 1.82) is 0 Å². The number of aromatic amines is 1. The Kier molecular flexibility index (Phi) is 3.60. The molecule has 96 valence electrons. The Bertz CT molecular complexity index is 669. The van der Waals surface area contributed by atoms with Crippen LogP contribution in [0.25, 0.3) is 10.6 Å². The zero-order valence-electron chi connectivity index (χ0n) is 9.86. The molecular formula is C14H10Cl2N2S. The Morgan fingerprint density at radius 2 is 1.89 bits per heavy atom. The van der Waals surface area contributed by atoms with Gasteiger partial charge >= 0.3 is 0 Å². The van der Waals surface area contributed by atoms with Gasteiger partial charge in [-0.2, -0.15) is 0 Å². The van der Waals surface area contributed by atoms with Crippen molar-refractivity contribution in [2.45, 2.75) is 6.42 Å². The molecule has 3 aromatic rings. The first-order chi connectivity index (χ1) is 9.24. The molecule has 3 rings (SSSR count). The van der Waals surface area contributed by atoms with Crippen molar-refractivity contribution in [3.8, 4) is 10.6 Å². The topological polar surface area (TPSA) is 28.7 Å². The number of hydrogen-bond donors (Lipinski definition) is 1. The van der Waals surface area contributed by atoms with Crippen molar-refractivity contribution in [3.63, 3.8) is 0 Å². The third-order valence-electron chi connectivity index (χ3n) is 2.82. The highest BCUT2D eigenvalue weighted by Gasteiger charge is 2.10. The van der Waals surface area contributed by atoms with Crippen molar-refractivity contribution in [2.75, 3.05) is 0 Å². The zero-order chi connectivity index (χ0) is 13.2. The summed E-state index contributed by atoms with van der Waals surface area (Å²) in [6.45, 7) is 0. The predicted molar refractivity (Wildman–Crippen MR) is 81.2 cm³/mol. The summed E-state index contributed by atoms with van der Waals surface area (Å²) in [5, 5.41) is 3.38. The van der Waals surface area contributed by atoms with E-state index in [4.69, 9.17) is 23.2 Å². The third-order valence-corrected chi connectivity index (χ3v) is 4.43. The van der Waals surface area contributed by atoms with Crippen molar-refractivity contribution in [1.82, 2.24) is 9.97 Å². The number of nitrogens with zero attached hydrogens (tertiary/aromatic N) is 1. The highest BCUT2D eigenvalue weighted by atomic mass is 35.5. The van der Waals surface area contributed by atoms with Gasteiger partial charge in [-0.15, -0.1) is 11.3 Å². The molecule has 19 heavy (non-hydrogen) atoms. The fourth-order valence-electron chi connectivity index (χ4n) is 1.88. The van der Waals surface area contributed by atoms with Crippen LogP contribution in [0.3, 0.4) is 0 Å². The maximum Gasteiger partial charge on any atom is 0.111 e. The number of aromatic nitrogens is 2. The van der Waals surface area contributed by atoms with Crippen molar-refractivity contribution in [2.24, 2.45) is 0 Å². The first-order valence-electron chi connectivity index (χ1n) is 5.74. The van der Waals surface area contributed by atoms with Gasteiger partial charge in [0.25, 0.3) is 0 Å². The second-order valence-corrected chi connectivity index (χ2v) is 5.86. The van der Waals surface area contributed by atoms with Gasteiger partial charge in [-0.1, -0.05) is 35.3 Å². The van der Waals surface area contributed by atoms with E-state index in [0.29, 0.717) is 16.5 Å². The molecule has 0 fully saturated rings. The monoisotopic (exact) mass is 308 g/mol. The molecule has 0 unspecified atom stereocenters. The first-order valence-corrected chi connectivity index (χ1v) is 7.38. The fourth-order valence-corrected chi connectivity index (χ4v) is 3.10. The summed E-state index contributed by atoms with van der Waals surface area (Å²) < 4.78 is 0. The Morgan fingerprint density at radius 3 is 2.58 bits per heavy atom. The van der Waals surface area contributed by atoms with Crippen molar-refractivity contribution < 1.29 is 0 Å². The molecule has 0 saturated carbocycles. The van der Waals surface area contributed by atoms with E-state index in [2.05, 4.69) is 16.0 Å². The Morgan fingerprint density at radius 1 is 1.11 bits per heavy atom. The second kappa shape index (κ2) is 5.37. The van der Waals surface area contributed by atoms with E-state index < -0.39 is 0 Å². The number of hydrogen-bond acceptors (Lipinski definition) is 2. The molecule has 5 heteroatoms. The van der Waals surface area contributed by atoms with E-state index in [1.807, 2.05) is 35.8 Å². The summed E-state index contributed by atoms with van der Waals surface area (Å²) in [7, 11) is 0. The second-order valence-electron chi connectivity index (χ2n) is 4.10. The SMILES string of the molecule is Clc1cccc(Cl)c1Cc1ncc(-c2cccs2)[nH]1. The van der Waals surface area contributed by atoms with Crippen molar-refractivity contribution >= 4 is 34.5 Å². The standard InChI is InChI=1S/C14H10Cl2N2S/c15-10-3-1-4-11(16)9(10)7-14-17-8-12(18-14)13-5-2-6-19-13/h1-6,8H,7H2,(H,17,18).